The van der Waals surface area contributed by atoms with Gasteiger partial charge in [0.25, 0.3) is 11.8 Å². The first-order valence-electron chi connectivity index (χ1n) is 10.1. The third-order valence-electron chi connectivity index (χ3n) is 4.19. The van der Waals surface area contributed by atoms with E-state index in [1.165, 1.54) is 37.5 Å². The van der Waals surface area contributed by atoms with Crippen LogP contribution in [0.15, 0.2) is 77.2 Å². The summed E-state index contributed by atoms with van der Waals surface area (Å²) in [6.07, 6.45) is 8.91. The molecule has 0 unspecified atom stereocenters. The minimum absolute atomic E-state index is 0.0157. The Hall–Kier alpha value is -4.54. The number of hydrogen-bond acceptors (Lipinski definition) is 6. The minimum Gasteiger partial charge on any atom is -0.331 e. The normalized spacial score (nSPS) is 12.9. The number of benzene rings is 1. The van der Waals surface area contributed by atoms with Crippen molar-refractivity contribution in [3.8, 4) is 0 Å². The quantitative estimate of drug-likeness (QED) is 0.237. The van der Waals surface area contributed by atoms with Crippen molar-refractivity contribution in [2.45, 2.75) is 20.3 Å². The maximum atomic E-state index is 12.6. The number of nitrogens with zero attached hydrogens (tertiary/aromatic N) is 3. The second-order valence-corrected chi connectivity index (χ2v) is 6.23. The number of imidazole rings is 1. The fourth-order valence-electron chi connectivity index (χ4n) is 2.65. The van der Waals surface area contributed by atoms with Gasteiger partial charge in [-0.25, -0.2) is 4.98 Å². The summed E-state index contributed by atoms with van der Waals surface area (Å²) >= 11 is 0. The summed E-state index contributed by atoms with van der Waals surface area (Å²) in [7, 11) is 1.47. The molecule has 1 aliphatic rings. The molecule has 2 amide bonds. The van der Waals surface area contributed by atoms with E-state index >= 15 is 0 Å². The Bertz CT molecular complexity index is 1120. The van der Waals surface area contributed by atoms with Gasteiger partial charge in [0.1, 0.15) is 0 Å². The summed E-state index contributed by atoms with van der Waals surface area (Å²) in [5.74, 6) is -0.526. The molecule has 0 saturated heterocycles. The molecule has 1 heterocycles. The van der Waals surface area contributed by atoms with Crippen molar-refractivity contribution in [1.29, 1.82) is 0 Å². The van der Waals surface area contributed by atoms with Gasteiger partial charge in [0.15, 0.2) is 0 Å². The number of guanidine groups is 1. The Kier molecular flexibility index (Phi) is 9.25. The maximum absolute atomic E-state index is 12.6. The molecule has 1 aromatic carbocycles. The molecule has 11 heteroatoms. The number of carbonyl (C=O) groups excluding carboxylic acids is 2. The second-order valence-electron chi connectivity index (χ2n) is 6.23. The van der Waals surface area contributed by atoms with Gasteiger partial charge in [-0.05, 0) is 18.2 Å². The Morgan fingerprint density at radius 3 is 2.58 bits per heavy atom. The summed E-state index contributed by atoms with van der Waals surface area (Å²) < 4.78 is 0. The lowest BCUT2D eigenvalue weighted by atomic mass is 10.1. The average molecular weight is 451 g/mol. The largest absolute Gasteiger partial charge is 0.331 e. The number of allylic oxidation sites excluding steroid dienone is 3. The fraction of sp³-hybridized carbons (Fsp3) is 0.182. The van der Waals surface area contributed by atoms with Crippen LogP contribution in [-0.4, -0.2) is 39.7 Å². The van der Waals surface area contributed by atoms with Crippen LogP contribution >= 0.6 is 0 Å². The molecular weight excluding hydrogens is 426 g/mol. The number of anilines is 2. The minimum atomic E-state index is -0.511. The van der Waals surface area contributed by atoms with Gasteiger partial charge in [0, 0.05) is 31.1 Å². The highest BCUT2D eigenvalue weighted by atomic mass is 16.6. The first-order chi connectivity index (χ1) is 16.0. The third kappa shape index (κ3) is 6.99. The van der Waals surface area contributed by atoms with Crippen molar-refractivity contribution in [3.05, 3.63) is 87.9 Å². The number of nitrogens with one attached hydrogen (secondary N) is 4. The van der Waals surface area contributed by atoms with Crippen LogP contribution in [0.25, 0.3) is 0 Å². The summed E-state index contributed by atoms with van der Waals surface area (Å²) in [5, 5.41) is 19.1. The zero-order valence-electron chi connectivity index (χ0n) is 18.5. The van der Waals surface area contributed by atoms with Gasteiger partial charge in [0.2, 0.25) is 17.6 Å². The Morgan fingerprint density at radius 2 is 1.91 bits per heavy atom. The Morgan fingerprint density at radius 1 is 1.15 bits per heavy atom. The van der Waals surface area contributed by atoms with Gasteiger partial charge in [-0.1, -0.05) is 38.1 Å². The molecule has 33 heavy (non-hydrogen) atoms. The molecule has 0 fully saturated rings. The topological polar surface area (TPSA) is 154 Å². The van der Waals surface area contributed by atoms with Crippen LogP contribution < -0.4 is 16.0 Å². The molecule has 172 valence electrons. The number of aromatic amines is 1. The summed E-state index contributed by atoms with van der Waals surface area (Å²) in [6.45, 7) is 4.00. The molecule has 3 rings (SSSR count). The average Bonchev–Trinajstić information content (AvgIpc) is 3.20. The van der Waals surface area contributed by atoms with E-state index < -0.39 is 16.7 Å². The highest BCUT2D eigenvalue weighted by Gasteiger charge is 2.17. The number of amides is 2. The van der Waals surface area contributed by atoms with Crippen LogP contribution in [0.4, 0.5) is 11.6 Å². The van der Waals surface area contributed by atoms with Crippen molar-refractivity contribution >= 4 is 29.4 Å². The lowest BCUT2D eigenvalue weighted by Crippen LogP contribution is -2.37. The van der Waals surface area contributed by atoms with Crippen LogP contribution in [0.1, 0.15) is 30.6 Å². The molecule has 0 aliphatic heterocycles. The van der Waals surface area contributed by atoms with E-state index in [1.54, 1.807) is 30.5 Å². The Labute approximate surface area is 190 Å². The molecule has 2 aromatic rings. The molecule has 0 bridgehead atoms. The summed E-state index contributed by atoms with van der Waals surface area (Å²) in [6, 6.07) is 6.69. The number of aliphatic imine (C=N–C) groups is 1. The smallest absolute Gasteiger partial charge is 0.260 e. The van der Waals surface area contributed by atoms with Gasteiger partial charge >= 0.3 is 0 Å². The molecule has 0 spiro atoms. The van der Waals surface area contributed by atoms with Crippen molar-refractivity contribution in [3.63, 3.8) is 0 Å². The van der Waals surface area contributed by atoms with Crippen LogP contribution in [0.2, 0.25) is 0 Å². The van der Waals surface area contributed by atoms with Crippen molar-refractivity contribution in [2.24, 2.45) is 4.99 Å². The van der Waals surface area contributed by atoms with E-state index in [4.69, 9.17) is 0 Å². The molecule has 0 atom stereocenters. The van der Waals surface area contributed by atoms with Crippen LogP contribution in [-0.2, 0) is 4.79 Å². The standard InChI is InChI=1S/C20H19N7O4.C2H6/c1-21-19(25-17(28)13-5-4-6-14(10-9-13)27(30)31)24-16-8-3-2-7-15(16)18(29)26-20-22-11-12-23-20;1-2/h2-5,7-12H,6H2,1H3,(H2,21,24,25,28)(H2,22,23,26,29);1-2H3. The number of carbonyl (C=O) groups is 2. The van der Waals surface area contributed by atoms with E-state index in [0.717, 1.165) is 0 Å². The zero-order chi connectivity index (χ0) is 24.2. The number of rotatable bonds is 5. The van der Waals surface area contributed by atoms with Crippen LogP contribution in [0, 0.1) is 10.1 Å². The maximum Gasteiger partial charge on any atom is 0.260 e. The summed E-state index contributed by atoms with van der Waals surface area (Å²) in [5.41, 5.74) is 0.927. The number of H-pyrrole nitrogens is 1. The fourth-order valence-corrected chi connectivity index (χ4v) is 2.65. The second kappa shape index (κ2) is 12.3. The summed E-state index contributed by atoms with van der Waals surface area (Å²) in [4.78, 5) is 46.3. The number of nitro groups is 1. The van der Waals surface area contributed by atoms with E-state index in [9.17, 15) is 19.7 Å². The van der Waals surface area contributed by atoms with E-state index in [2.05, 4.69) is 30.9 Å². The molecule has 4 N–H and O–H groups in total. The monoisotopic (exact) mass is 451 g/mol. The first-order valence-corrected chi connectivity index (χ1v) is 10.1. The molecule has 0 radical (unpaired) electrons. The van der Waals surface area contributed by atoms with E-state index in [0.29, 0.717) is 17.2 Å². The van der Waals surface area contributed by atoms with Crippen LogP contribution in [0.3, 0.4) is 0 Å². The number of aromatic nitrogens is 2. The predicted octanol–water partition coefficient (Wildman–Crippen LogP) is 3.25. The molecule has 0 saturated carbocycles. The molecule has 11 nitrogen and oxygen atoms in total. The highest BCUT2D eigenvalue weighted by Crippen LogP contribution is 2.17. The first kappa shape index (κ1) is 24.7. The number of hydrogen-bond donors (Lipinski definition) is 4. The zero-order valence-corrected chi connectivity index (χ0v) is 18.5. The third-order valence-corrected chi connectivity index (χ3v) is 4.19. The lowest BCUT2D eigenvalue weighted by Gasteiger charge is -2.14. The molecule has 1 aliphatic carbocycles. The van der Waals surface area contributed by atoms with Gasteiger partial charge in [-0.2, -0.15) is 0 Å². The SMILES string of the molecule is CC.CN=C(NC(=O)C1=CC=C([N+](=O)[O-])CC=C1)Nc1ccccc1C(=O)Nc1ncc[nH]1. The molecular formula is C22H25N7O4. The Balaban J connectivity index is 0.00000187. The van der Waals surface area contributed by atoms with Crippen LogP contribution in [0.5, 0.6) is 0 Å². The van der Waals surface area contributed by atoms with E-state index in [1.807, 2.05) is 13.8 Å². The van der Waals surface area contributed by atoms with Gasteiger partial charge < -0.3 is 10.3 Å². The van der Waals surface area contributed by atoms with E-state index in [-0.39, 0.29) is 23.7 Å². The predicted molar refractivity (Wildman–Crippen MR) is 126 cm³/mol. The molecule has 1 aromatic heterocycles. The van der Waals surface area contributed by atoms with Crippen molar-refractivity contribution in [1.82, 2.24) is 15.3 Å². The lowest BCUT2D eigenvalue weighted by molar-refractivity contribution is -0.426. The highest BCUT2D eigenvalue weighted by molar-refractivity contribution is 6.14. The van der Waals surface area contributed by atoms with Crippen molar-refractivity contribution in [2.75, 3.05) is 17.7 Å². The van der Waals surface area contributed by atoms with Gasteiger partial charge in [-0.3, -0.25) is 35.3 Å². The van der Waals surface area contributed by atoms with Gasteiger partial charge in [-0.15, -0.1) is 0 Å². The number of para-hydroxylation sites is 1. The van der Waals surface area contributed by atoms with Gasteiger partial charge in [0.05, 0.1) is 22.6 Å². The van der Waals surface area contributed by atoms with Crippen molar-refractivity contribution < 1.29 is 14.5 Å².